The molecule has 0 radical (unpaired) electrons. The zero-order valence-corrected chi connectivity index (χ0v) is 10.2. The van der Waals surface area contributed by atoms with Crippen LogP contribution in [0.4, 0.5) is 4.79 Å². The molecule has 3 heteroatoms. The maximum atomic E-state index is 10.9. The van der Waals surface area contributed by atoms with E-state index in [2.05, 4.69) is 22.2 Å². The average Bonchev–Trinajstić information content (AvgIpc) is 2.46. The molecule has 2 aromatic rings. The average molecular weight is 241 g/mol. The minimum Gasteiger partial charge on any atom is -0.453 e. The van der Waals surface area contributed by atoms with E-state index >= 15 is 0 Å². The van der Waals surface area contributed by atoms with Gasteiger partial charge in [-0.15, -0.1) is 0 Å². The van der Waals surface area contributed by atoms with E-state index in [1.807, 2.05) is 42.5 Å². The Balaban J connectivity index is 2.04. The normalized spacial score (nSPS) is 9.83. The van der Waals surface area contributed by atoms with Crippen molar-refractivity contribution in [3.63, 3.8) is 0 Å². The van der Waals surface area contributed by atoms with Gasteiger partial charge in [-0.25, -0.2) is 4.79 Å². The van der Waals surface area contributed by atoms with Crippen LogP contribution in [-0.2, 0) is 11.3 Å². The minimum absolute atomic E-state index is 0.415. The third-order valence-electron chi connectivity index (χ3n) is 2.68. The number of methoxy groups -OCH3 is 1. The molecule has 0 saturated heterocycles. The van der Waals surface area contributed by atoms with Gasteiger partial charge in [-0.05, 0) is 16.7 Å². The lowest BCUT2D eigenvalue weighted by molar-refractivity contribution is 0.170. The van der Waals surface area contributed by atoms with Crippen molar-refractivity contribution < 1.29 is 9.53 Å². The van der Waals surface area contributed by atoms with Crippen LogP contribution < -0.4 is 5.32 Å². The summed E-state index contributed by atoms with van der Waals surface area (Å²) >= 11 is 0. The van der Waals surface area contributed by atoms with Gasteiger partial charge in [0.05, 0.1) is 7.11 Å². The number of benzene rings is 2. The van der Waals surface area contributed by atoms with Gasteiger partial charge in [-0.1, -0.05) is 54.6 Å². The van der Waals surface area contributed by atoms with Gasteiger partial charge in [0.2, 0.25) is 0 Å². The molecule has 0 unspecified atom stereocenters. The van der Waals surface area contributed by atoms with Crippen molar-refractivity contribution in [3.05, 3.63) is 60.2 Å². The smallest absolute Gasteiger partial charge is 0.407 e. The molecular weight excluding hydrogens is 226 g/mol. The lowest BCUT2D eigenvalue weighted by Crippen LogP contribution is -2.22. The van der Waals surface area contributed by atoms with Crippen LogP contribution in [0.15, 0.2) is 54.6 Å². The summed E-state index contributed by atoms with van der Waals surface area (Å²) in [4.78, 5) is 10.9. The molecule has 0 aliphatic heterocycles. The predicted octanol–water partition coefficient (Wildman–Crippen LogP) is 3.21. The van der Waals surface area contributed by atoms with Crippen LogP contribution >= 0.6 is 0 Å². The van der Waals surface area contributed by atoms with E-state index in [-0.39, 0.29) is 0 Å². The second kappa shape index (κ2) is 5.87. The number of amides is 1. The monoisotopic (exact) mass is 241 g/mol. The number of ether oxygens (including phenoxy) is 1. The Morgan fingerprint density at radius 1 is 1.00 bits per heavy atom. The van der Waals surface area contributed by atoms with E-state index in [0.29, 0.717) is 6.54 Å². The highest BCUT2D eigenvalue weighted by molar-refractivity contribution is 5.67. The van der Waals surface area contributed by atoms with Gasteiger partial charge in [0.15, 0.2) is 0 Å². The van der Waals surface area contributed by atoms with E-state index in [1.54, 1.807) is 0 Å². The molecule has 92 valence electrons. The number of nitrogens with one attached hydrogen (secondary N) is 1. The van der Waals surface area contributed by atoms with Crippen LogP contribution in [0, 0.1) is 0 Å². The van der Waals surface area contributed by atoms with Crippen molar-refractivity contribution in [2.24, 2.45) is 0 Å². The highest BCUT2D eigenvalue weighted by atomic mass is 16.5. The highest BCUT2D eigenvalue weighted by Gasteiger charge is 2.00. The molecule has 0 atom stereocenters. The molecule has 3 nitrogen and oxygen atoms in total. The standard InChI is InChI=1S/C15H15NO2/c1-18-15(17)16-11-12-7-9-14(10-8-12)13-5-3-2-4-6-13/h2-10H,11H2,1H3,(H,16,17). The van der Waals surface area contributed by atoms with Crippen LogP contribution in [0.1, 0.15) is 5.56 Å². The number of hydrogen-bond donors (Lipinski definition) is 1. The number of rotatable bonds is 3. The molecule has 0 spiro atoms. The quantitative estimate of drug-likeness (QED) is 0.896. The highest BCUT2D eigenvalue weighted by Crippen LogP contribution is 2.19. The fourth-order valence-electron chi connectivity index (χ4n) is 1.69. The van der Waals surface area contributed by atoms with Gasteiger partial charge in [0.1, 0.15) is 0 Å². The Morgan fingerprint density at radius 2 is 1.61 bits per heavy atom. The van der Waals surface area contributed by atoms with Crippen LogP contribution in [0.5, 0.6) is 0 Å². The summed E-state index contributed by atoms with van der Waals surface area (Å²) in [6.45, 7) is 0.474. The number of carbonyl (C=O) groups is 1. The van der Waals surface area contributed by atoms with E-state index in [1.165, 1.54) is 12.7 Å². The van der Waals surface area contributed by atoms with Gasteiger partial charge in [-0.3, -0.25) is 0 Å². The Morgan fingerprint density at radius 3 is 2.22 bits per heavy atom. The van der Waals surface area contributed by atoms with E-state index in [9.17, 15) is 4.79 Å². The topological polar surface area (TPSA) is 38.3 Å². The van der Waals surface area contributed by atoms with Crippen LogP contribution in [0.3, 0.4) is 0 Å². The summed E-state index contributed by atoms with van der Waals surface area (Å²) < 4.78 is 4.51. The molecule has 1 N–H and O–H groups in total. The summed E-state index contributed by atoms with van der Waals surface area (Å²) in [7, 11) is 1.35. The van der Waals surface area contributed by atoms with Crippen molar-refractivity contribution in [3.8, 4) is 11.1 Å². The second-order valence-electron chi connectivity index (χ2n) is 3.91. The maximum absolute atomic E-state index is 10.9. The number of alkyl carbamates (subject to hydrolysis) is 1. The second-order valence-corrected chi connectivity index (χ2v) is 3.91. The molecule has 0 saturated carbocycles. The molecule has 0 aliphatic rings. The van der Waals surface area contributed by atoms with Crippen molar-refractivity contribution in [1.82, 2.24) is 5.32 Å². The Labute approximate surface area is 106 Å². The van der Waals surface area contributed by atoms with Crippen LogP contribution in [0.25, 0.3) is 11.1 Å². The summed E-state index contributed by atoms with van der Waals surface area (Å²) in [6, 6.07) is 18.3. The third kappa shape index (κ3) is 3.10. The van der Waals surface area contributed by atoms with Gasteiger partial charge >= 0.3 is 6.09 Å². The zero-order chi connectivity index (χ0) is 12.8. The summed E-state index contributed by atoms with van der Waals surface area (Å²) in [6.07, 6.45) is -0.415. The molecule has 0 heterocycles. The van der Waals surface area contributed by atoms with E-state index in [0.717, 1.165) is 11.1 Å². The molecule has 2 rings (SSSR count). The fourth-order valence-corrected chi connectivity index (χ4v) is 1.69. The molecule has 2 aromatic carbocycles. The van der Waals surface area contributed by atoms with Crippen molar-refractivity contribution >= 4 is 6.09 Å². The van der Waals surface area contributed by atoms with Gasteiger partial charge < -0.3 is 10.1 Å². The van der Waals surface area contributed by atoms with Crippen molar-refractivity contribution in [1.29, 1.82) is 0 Å². The molecule has 0 aliphatic carbocycles. The van der Waals surface area contributed by atoms with Gasteiger partial charge in [-0.2, -0.15) is 0 Å². The Kier molecular flexibility index (Phi) is 3.97. The predicted molar refractivity (Wildman–Crippen MR) is 71.1 cm³/mol. The first kappa shape index (κ1) is 12.2. The largest absolute Gasteiger partial charge is 0.453 e. The Hall–Kier alpha value is -2.29. The molecule has 1 amide bonds. The van der Waals surface area contributed by atoms with Crippen molar-refractivity contribution in [2.45, 2.75) is 6.54 Å². The first-order valence-corrected chi connectivity index (χ1v) is 5.76. The molecule has 18 heavy (non-hydrogen) atoms. The van der Waals surface area contributed by atoms with Gasteiger partial charge in [0.25, 0.3) is 0 Å². The van der Waals surface area contributed by atoms with E-state index in [4.69, 9.17) is 0 Å². The fraction of sp³-hybridized carbons (Fsp3) is 0.133. The van der Waals surface area contributed by atoms with Crippen LogP contribution in [0.2, 0.25) is 0 Å². The lowest BCUT2D eigenvalue weighted by atomic mass is 10.0. The molecule has 0 bridgehead atoms. The van der Waals surface area contributed by atoms with E-state index < -0.39 is 6.09 Å². The summed E-state index contributed by atoms with van der Waals surface area (Å²) in [5, 5.41) is 2.65. The van der Waals surface area contributed by atoms with Gasteiger partial charge in [0, 0.05) is 6.54 Å². The number of hydrogen-bond acceptors (Lipinski definition) is 2. The van der Waals surface area contributed by atoms with Crippen LogP contribution in [-0.4, -0.2) is 13.2 Å². The summed E-state index contributed by atoms with van der Waals surface area (Å²) in [5.41, 5.74) is 3.39. The molecular formula is C15H15NO2. The minimum atomic E-state index is -0.415. The maximum Gasteiger partial charge on any atom is 0.407 e. The first-order valence-electron chi connectivity index (χ1n) is 5.76. The van der Waals surface area contributed by atoms with Crippen molar-refractivity contribution in [2.75, 3.05) is 7.11 Å². The third-order valence-corrected chi connectivity index (χ3v) is 2.68. The SMILES string of the molecule is COC(=O)NCc1ccc(-c2ccccc2)cc1. The summed E-state index contributed by atoms with van der Waals surface area (Å²) in [5.74, 6) is 0. The number of carbonyl (C=O) groups excluding carboxylic acids is 1. The first-order chi connectivity index (χ1) is 8.79. The lowest BCUT2D eigenvalue weighted by Gasteiger charge is -2.05. The molecule has 0 fully saturated rings. The molecule has 0 aromatic heterocycles. The zero-order valence-electron chi connectivity index (χ0n) is 10.2. The Bertz CT molecular complexity index is 506.